The maximum absolute atomic E-state index is 13.1. The third kappa shape index (κ3) is 5.98. The van der Waals surface area contributed by atoms with Crippen LogP contribution in [0.4, 0.5) is 5.69 Å². The van der Waals surface area contributed by atoms with Crippen LogP contribution in [-0.2, 0) is 16.4 Å². The number of carbonyl (C=O) groups is 1. The second kappa shape index (κ2) is 10.0. The Hall–Kier alpha value is -3.12. The molecule has 168 valence electrons. The third-order valence-corrected chi connectivity index (χ3v) is 6.93. The standard InChI is InChI=1S/C26H30N2O3S/c1-18-8-12-22(13-9-18)6-5-15-27-26(29)23-14-11-21(4)25(17-23)32(30,31)28-24-16-19(2)7-10-20(24)3/h7-14,16-17,28H,5-6,15H2,1-4H3,(H,27,29). The molecule has 3 rings (SSSR count). The van der Waals surface area contributed by atoms with Crippen LogP contribution in [-0.4, -0.2) is 20.9 Å². The summed E-state index contributed by atoms with van der Waals surface area (Å²) in [5.74, 6) is -0.280. The smallest absolute Gasteiger partial charge is 0.262 e. The molecule has 0 aliphatic heterocycles. The van der Waals surface area contributed by atoms with E-state index >= 15 is 0 Å². The Labute approximate surface area is 190 Å². The number of sulfonamides is 1. The van der Waals surface area contributed by atoms with Crippen LogP contribution in [0.25, 0.3) is 0 Å². The first-order valence-electron chi connectivity index (χ1n) is 10.7. The van der Waals surface area contributed by atoms with Crippen molar-refractivity contribution < 1.29 is 13.2 Å². The average Bonchev–Trinajstić information content (AvgIpc) is 2.75. The zero-order valence-corrected chi connectivity index (χ0v) is 19.8. The molecule has 0 radical (unpaired) electrons. The van der Waals surface area contributed by atoms with Crippen LogP contribution in [0, 0.1) is 27.7 Å². The Balaban J connectivity index is 1.68. The minimum absolute atomic E-state index is 0.103. The molecule has 1 amide bonds. The first-order chi connectivity index (χ1) is 15.2. The van der Waals surface area contributed by atoms with Crippen LogP contribution in [0.2, 0.25) is 0 Å². The molecule has 0 aliphatic rings. The molecule has 0 unspecified atom stereocenters. The van der Waals surface area contributed by atoms with E-state index < -0.39 is 10.0 Å². The SMILES string of the molecule is Cc1ccc(CCCNC(=O)c2ccc(C)c(S(=O)(=O)Nc3cc(C)ccc3C)c2)cc1. The predicted octanol–water partition coefficient (Wildman–Crippen LogP) is 5.08. The summed E-state index contributed by atoms with van der Waals surface area (Å²) in [5.41, 5.74) is 5.69. The quantitative estimate of drug-likeness (QED) is 0.470. The van der Waals surface area contributed by atoms with Gasteiger partial charge in [0.15, 0.2) is 0 Å². The Kier molecular flexibility index (Phi) is 7.36. The average molecular weight is 451 g/mol. The van der Waals surface area contributed by atoms with E-state index in [4.69, 9.17) is 0 Å². The lowest BCUT2D eigenvalue weighted by Crippen LogP contribution is -2.25. The summed E-state index contributed by atoms with van der Waals surface area (Å²) in [6.07, 6.45) is 1.67. The lowest BCUT2D eigenvalue weighted by molar-refractivity contribution is 0.0953. The molecular formula is C26H30N2O3S. The molecule has 2 N–H and O–H groups in total. The number of aryl methyl sites for hydroxylation is 5. The molecule has 0 saturated heterocycles. The molecule has 0 saturated carbocycles. The lowest BCUT2D eigenvalue weighted by atomic mass is 10.1. The fourth-order valence-corrected chi connectivity index (χ4v) is 4.82. The largest absolute Gasteiger partial charge is 0.352 e. The van der Waals surface area contributed by atoms with Crippen LogP contribution >= 0.6 is 0 Å². The van der Waals surface area contributed by atoms with Crippen LogP contribution in [0.15, 0.2) is 65.6 Å². The van der Waals surface area contributed by atoms with Gasteiger partial charge in [0, 0.05) is 12.1 Å². The molecule has 0 atom stereocenters. The van der Waals surface area contributed by atoms with Gasteiger partial charge in [0.25, 0.3) is 15.9 Å². The summed E-state index contributed by atoms with van der Waals surface area (Å²) in [5, 5.41) is 2.89. The Morgan fingerprint density at radius 1 is 0.812 bits per heavy atom. The first-order valence-corrected chi connectivity index (χ1v) is 12.2. The monoisotopic (exact) mass is 450 g/mol. The fraction of sp³-hybridized carbons (Fsp3) is 0.269. The van der Waals surface area contributed by atoms with Crippen LogP contribution in [0.3, 0.4) is 0 Å². The zero-order chi connectivity index (χ0) is 23.3. The minimum Gasteiger partial charge on any atom is -0.352 e. The highest BCUT2D eigenvalue weighted by Crippen LogP contribution is 2.24. The molecular weight excluding hydrogens is 420 g/mol. The van der Waals surface area contributed by atoms with Gasteiger partial charge in [-0.05, 0) is 81.0 Å². The van der Waals surface area contributed by atoms with Crippen molar-refractivity contribution in [2.24, 2.45) is 0 Å². The van der Waals surface area contributed by atoms with Gasteiger partial charge < -0.3 is 5.32 Å². The van der Waals surface area contributed by atoms with E-state index in [1.807, 2.05) is 26.0 Å². The number of benzene rings is 3. The maximum atomic E-state index is 13.1. The van der Waals surface area contributed by atoms with Crippen LogP contribution in [0.1, 0.15) is 44.6 Å². The van der Waals surface area contributed by atoms with Crippen molar-refractivity contribution in [1.29, 1.82) is 0 Å². The molecule has 0 heterocycles. The Morgan fingerprint density at radius 2 is 1.47 bits per heavy atom. The van der Waals surface area contributed by atoms with Gasteiger partial charge in [-0.25, -0.2) is 8.42 Å². The summed E-state index contributed by atoms with van der Waals surface area (Å²) >= 11 is 0. The number of carbonyl (C=O) groups excluding carboxylic acids is 1. The third-order valence-electron chi connectivity index (χ3n) is 5.43. The number of rotatable bonds is 8. The highest BCUT2D eigenvalue weighted by atomic mass is 32.2. The van der Waals surface area contributed by atoms with Gasteiger partial charge in [-0.1, -0.05) is 48.0 Å². The summed E-state index contributed by atoms with van der Waals surface area (Å²) < 4.78 is 28.8. The molecule has 0 bridgehead atoms. The highest BCUT2D eigenvalue weighted by molar-refractivity contribution is 7.92. The summed E-state index contributed by atoms with van der Waals surface area (Å²) in [7, 11) is -3.83. The Bertz CT molecular complexity index is 1220. The molecule has 0 fully saturated rings. The second-order valence-corrected chi connectivity index (χ2v) is 9.90. The van der Waals surface area contributed by atoms with Gasteiger partial charge in [-0.15, -0.1) is 0 Å². The summed E-state index contributed by atoms with van der Waals surface area (Å²) in [4.78, 5) is 12.7. The number of anilines is 1. The summed E-state index contributed by atoms with van der Waals surface area (Å²) in [6.45, 7) is 8.05. The lowest BCUT2D eigenvalue weighted by Gasteiger charge is -2.14. The van der Waals surface area contributed by atoms with Crippen LogP contribution < -0.4 is 10.0 Å². The van der Waals surface area contributed by atoms with Crippen molar-refractivity contribution in [2.75, 3.05) is 11.3 Å². The predicted molar refractivity (Wildman–Crippen MR) is 130 cm³/mol. The number of amides is 1. The maximum Gasteiger partial charge on any atom is 0.262 e. The van der Waals surface area contributed by atoms with Crippen molar-refractivity contribution in [3.05, 3.63) is 94.0 Å². The fourth-order valence-electron chi connectivity index (χ4n) is 3.43. The molecule has 32 heavy (non-hydrogen) atoms. The minimum atomic E-state index is -3.83. The highest BCUT2D eigenvalue weighted by Gasteiger charge is 2.20. The zero-order valence-electron chi connectivity index (χ0n) is 19.0. The van der Waals surface area contributed by atoms with Gasteiger partial charge in [-0.3, -0.25) is 9.52 Å². The van der Waals surface area contributed by atoms with Crippen molar-refractivity contribution in [1.82, 2.24) is 5.32 Å². The van der Waals surface area contributed by atoms with Gasteiger partial charge >= 0.3 is 0 Å². The molecule has 3 aromatic carbocycles. The molecule has 6 heteroatoms. The number of nitrogens with one attached hydrogen (secondary N) is 2. The number of hydrogen-bond acceptors (Lipinski definition) is 3. The first kappa shape index (κ1) is 23.5. The van der Waals surface area contributed by atoms with E-state index in [0.717, 1.165) is 24.0 Å². The van der Waals surface area contributed by atoms with Gasteiger partial charge in [-0.2, -0.15) is 0 Å². The van der Waals surface area contributed by atoms with E-state index in [-0.39, 0.29) is 10.8 Å². The molecule has 0 aromatic heterocycles. The van der Waals surface area contributed by atoms with E-state index in [2.05, 4.69) is 41.2 Å². The van der Waals surface area contributed by atoms with Crippen molar-refractivity contribution in [2.45, 2.75) is 45.4 Å². The van der Waals surface area contributed by atoms with Gasteiger partial charge in [0.2, 0.25) is 0 Å². The van der Waals surface area contributed by atoms with E-state index in [9.17, 15) is 13.2 Å². The Morgan fingerprint density at radius 3 is 2.19 bits per heavy atom. The van der Waals surface area contributed by atoms with Gasteiger partial charge in [0.05, 0.1) is 10.6 Å². The van der Waals surface area contributed by atoms with E-state index in [0.29, 0.717) is 23.4 Å². The van der Waals surface area contributed by atoms with E-state index in [1.165, 1.54) is 17.2 Å². The van der Waals surface area contributed by atoms with Crippen molar-refractivity contribution in [3.8, 4) is 0 Å². The van der Waals surface area contributed by atoms with Crippen LogP contribution in [0.5, 0.6) is 0 Å². The topological polar surface area (TPSA) is 75.3 Å². The van der Waals surface area contributed by atoms with E-state index in [1.54, 1.807) is 25.1 Å². The number of hydrogen-bond donors (Lipinski definition) is 2. The second-order valence-electron chi connectivity index (χ2n) is 8.25. The molecule has 0 spiro atoms. The molecule has 5 nitrogen and oxygen atoms in total. The van der Waals surface area contributed by atoms with Crippen molar-refractivity contribution in [3.63, 3.8) is 0 Å². The van der Waals surface area contributed by atoms with Gasteiger partial charge in [0.1, 0.15) is 0 Å². The molecule has 0 aliphatic carbocycles. The van der Waals surface area contributed by atoms with Crippen molar-refractivity contribution >= 4 is 21.6 Å². The molecule has 3 aromatic rings. The summed E-state index contributed by atoms with van der Waals surface area (Å²) in [6, 6.07) is 18.7. The normalized spacial score (nSPS) is 11.2.